The molecule has 3 aromatic carbocycles. The van der Waals surface area contributed by atoms with Gasteiger partial charge in [-0.25, -0.2) is 4.79 Å². The first kappa shape index (κ1) is 36.3. The molecule has 1 fully saturated rings. The Balaban J connectivity index is 1.18. The molecule has 2 atom stereocenters. The van der Waals surface area contributed by atoms with E-state index in [1.165, 1.54) is 58.5 Å². The van der Waals surface area contributed by atoms with E-state index >= 15 is 0 Å². The van der Waals surface area contributed by atoms with Gasteiger partial charge >= 0.3 is 5.97 Å². The molecule has 1 aromatic heterocycles. The fourth-order valence-corrected chi connectivity index (χ4v) is 7.88. The van der Waals surface area contributed by atoms with E-state index in [2.05, 4.69) is 5.32 Å². The Morgan fingerprint density at radius 3 is 2.45 bits per heavy atom. The standard InChI is InChI=1S/C35H26Cl3N3O8S2/c36-22-7-11-27(26(38)15-22)49-28-12-8-23(37)16-29(28)47-13-1-3-21-19-51-34-31(39-30(42)17-25-4-2-14-50-25)33(43)40(34)32(21)35(44)48-18-20-5-9-24(10-6-20)41(45)46/h1-2,4-16,31,34H,3,17-19H2,(H,39,42)/b13-1+/t31?,34-/m1/s1. The maximum absolute atomic E-state index is 13.6. The molecular weight excluding hydrogens is 761 g/mol. The van der Waals surface area contributed by atoms with Crippen LogP contribution in [0.15, 0.2) is 102 Å². The third-order valence-corrected chi connectivity index (χ3v) is 10.6. The summed E-state index contributed by atoms with van der Waals surface area (Å²) in [5, 5.41) is 16.3. The predicted octanol–water partition coefficient (Wildman–Crippen LogP) is 8.33. The second-order valence-corrected chi connectivity index (χ2v) is 14.5. The van der Waals surface area contributed by atoms with E-state index in [-0.39, 0.29) is 36.7 Å². The molecule has 51 heavy (non-hydrogen) atoms. The Hall–Kier alpha value is -4.53. The molecule has 6 rings (SSSR count). The smallest absolute Gasteiger partial charge is 0.355 e. The number of carbonyl (C=O) groups is 3. The van der Waals surface area contributed by atoms with Crippen molar-refractivity contribution in [3.63, 3.8) is 0 Å². The van der Waals surface area contributed by atoms with Crippen LogP contribution in [0.25, 0.3) is 0 Å². The highest BCUT2D eigenvalue weighted by atomic mass is 35.5. The van der Waals surface area contributed by atoms with E-state index in [1.807, 2.05) is 17.5 Å². The quantitative estimate of drug-likeness (QED) is 0.0466. The zero-order chi connectivity index (χ0) is 36.1. The van der Waals surface area contributed by atoms with Crippen LogP contribution in [0.3, 0.4) is 0 Å². The molecule has 0 radical (unpaired) electrons. The third-order valence-electron chi connectivity index (χ3n) is 7.66. The summed E-state index contributed by atoms with van der Waals surface area (Å²) >= 11 is 21.4. The molecule has 4 aromatic rings. The largest absolute Gasteiger partial charge is 0.461 e. The molecular formula is C35H26Cl3N3O8S2. The van der Waals surface area contributed by atoms with Gasteiger partial charge in [-0.3, -0.25) is 24.6 Å². The van der Waals surface area contributed by atoms with Gasteiger partial charge in [0.25, 0.3) is 11.6 Å². The second-order valence-electron chi connectivity index (χ2n) is 11.1. The van der Waals surface area contributed by atoms with Crippen molar-refractivity contribution in [1.29, 1.82) is 0 Å². The summed E-state index contributed by atoms with van der Waals surface area (Å²) in [4.78, 5) is 52.5. The van der Waals surface area contributed by atoms with Crippen molar-refractivity contribution in [2.45, 2.75) is 30.9 Å². The maximum atomic E-state index is 13.6. The third kappa shape index (κ3) is 8.68. The number of nitro groups is 1. The molecule has 1 unspecified atom stereocenters. The molecule has 2 aliphatic heterocycles. The molecule has 3 heterocycles. The average molecular weight is 787 g/mol. The Morgan fingerprint density at radius 1 is 1.00 bits per heavy atom. The normalized spacial score (nSPS) is 16.8. The van der Waals surface area contributed by atoms with Gasteiger partial charge in [0, 0.05) is 38.9 Å². The molecule has 2 amide bonds. The molecule has 0 aliphatic carbocycles. The molecule has 2 aliphatic rings. The van der Waals surface area contributed by atoms with Crippen LogP contribution in [0.5, 0.6) is 17.2 Å². The van der Waals surface area contributed by atoms with E-state index in [0.29, 0.717) is 49.2 Å². The molecule has 1 N–H and O–H groups in total. The number of rotatable bonds is 13. The molecule has 262 valence electrons. The minimum absolute atomic E-state index is 0.0724. The Morgan fingerprint density at radius 2 is 1.75 bits per heavy atom. The average Bonchev–Trinajstić information content (AvgIpc) is 3.62. The van der Waals surface area contributed by atoms with Crippen LogP contribution < -0.4 is 14.8 Å². The van der Waals surface area contributed by atoms with Crippen LogP contribution in [0.1, 0.15) is 16.9 Å². The highest BCUT2D eigenvalue weighted by molar-refractivity contribution is 8.00. The summed E-state index contributed by atoms with van der Waals surface area (Å²) in [5.41, 5.74) is 1.10. The molecule has 0 bridgehead atoms. The number of allylic oxidation sites excluding steroid dienone is 1. The lowest BCUT2D eigenvalue weighted by Gasteiger charge is -2.49. The van der Waals surface area contributed by atoms with Crippen molar-refractivity contribution in [2.75, 3.05) is 5.75 Å². The SMILES string of the molecule is O=C(Cc1cccs1)NC1C(=O)N2C(C(=O)OCc3ccc([N+](=O)[O-])cc3)=C(C/C=C/Oc3cc(Cl)ccc3Oc3ccc(Cl)cc3Cl)CS[C@H]12. The number of β-lactam (4-membered cyclic amide) rings is 1. The lowest BCUT2D eigenvalue weighted by molar-refractivity contribution is -0.384. The van der Waals surface area contributed by atoms with Crippen LogP contribution in [0.2, 0.25) is 15.1 Å². The van der Waals surface area contributed by atoms with Gasteiger partial charge < -0.3 is 19.5 Å². The van der Waals surface area contributed by atoms with Crippen LogP contribution >= 0.6 is 57.9 Å². The fraction of sp³-hybridized carbons (Fsp3) is 0.171. The van der Waals surface area contributed by atoms with E-state index < -0.39 is 28.2 Å². The minimum atomic E-state index is -0.809. The maximum Gasteiger partial charge on any atom is 0.355 e. The van der Waals surface area contributed by atoms with E-state index in [9.17, 15) is 24.5 Å². The highest BCUT2D eigenvalue weighted by Gasteiger charge is 2.54. The number of ether oxygens (including phenoxy) is 3. The summed E-state index contributed by atoms with van der Waals surface area (Å²) in [6.45, 7) is -0.178. The number of thioether (sulfide) groups is 1. The van der Waals surface area contributed by atoms with E-state index in [0.717, 1.165) is 4.88 Å². The molecule has 0 saturated carbocycles. The van der Waals surface area contributed by atoms with Crippen LogP contribution in [-0.4, -0.2) is 44.8 Å². The number of nitrogens with one attached hydrogen (secondary N) is 1. The zero-order valence-electron chi connectivity index (χ0n) is 26.3. The fourth-order valence-electron chi connectivity index (χ4n) is 5.20. The van der Waals surface area contributed by atoms with Gasteiger partial charge in [0.05, 0.1) is 22.6 Å². The lowest BCUT2D eigenvalue weighted by atomic mass is 10.0. The van der Waals surface area contributed by atoms with Gasteiger partial charge in [0.15, 0.2) is 11.5 Å². The van der Waals surface area contributed by atoms with Gasteiger partial charge in [0.1, 0.15) is 29.5 Å². The molecule has 0 spiro atoms. The van der Waals surface area contributed by atoms with Gasteiger partial charge in [-0.1, -0.05) is 40.9 Å². The van der Waals surface area contributed by atoms with Gasteiger partial charge in [-0.15, -0.1) is 23.1 Å². The number of benzene rings is 3. The number of nitrogens with zero attached hydrogens (tertiary/aromatic N) is 2. The van der Waals surface area contributed by atoms with Crippen molar-refractivity contribution in [3.05, 3.63) is 137 Å². The summed E-state index contributed by atoms with van der Waals surface area (Å²) in [6.07, 6.45) is 3.43. The van der Waals surface area contributed by atoms with Crippen LogP contribution in [0.4, 0.5) is 5.69 Å². The van der Waals surface area contributed by atoms with Crippen LogP contribution in [0, 0.1) is 10.1 Å². The first-order valence-electron chi connectivity index (χ1n) is 15.2. The zero-order valence-corrected chi connectivity index (χ0v) is 30.2. The number of esters is 1. The number of halogens is 3. The number of nitro benzene ring substituents is 1. The first-order chi connectivity index (χ1) is 24.6. The number of non-ortho nitro benzene ring substituents is 1. The number of amides is 2. The monoisotopic (exact) mass is 785 g/mol. The van der Waals surface area contributed by atoms with Crippen molar-refractivity contribution >= 4 is 81.4 Å². The molecule has 11 nitrogen and oxygen atoms in total. The first-order valence-corrected chi connectivity index (χ1v) is 18.3. The van der Waals surface area contributed by atoms with E-state index in [1.54, 1.807) is 42.5 Å². The summed E-state index contributed by atoms with van der Waals surface area (Å²) < 4.78 is 17.4. The van der Waals surface area contributed by atoms with Crippen molar-refractivity contribution in [3.8, 4) is 17.2 Å². The Bertz CT molecular complexity index is 2040. The van der Waals surface area contributed by atoms with Crippen molar-refractivity contribution in [1.82, 2.24) is 10.2 Å². The summed E-state index contributed by atoms with van der Waals surface area (Å²) in [5.74, 6) is -0.142. The van der Waals surface area contributed by atoms with Gasteiger partial charge in [0.2, 0.25) is 5.91 Å². The Labute approximate surface area is 314 Å². The predicted molar refractivity (Wildman–Crippen MR) is 195 cm³/mol. The summed E-state index contributed by atoms with van der Waals surface area (Å²) in [7, 11) is 0. The van der Waals surface area contributed by atoms with Gasteiger partial charge in [-0.05, 0) is 77.5 Å². The van der Waals surface area contributed by atoms with Crippen molar-refractivity contribution < 1.29 is 33.5 Å². The topological polar surface area (TPSA) is 137 Å². The Kier molecular flexibility index (Phi) is 11.5. The number of hydrogen-bond acceptors (Lipinski definition) is 10. The van der Waals surface area contributed by atoms with E-state index in [4.69, 9.17) is 49.0 Å². The number of hydrogen-bond donors (Lipinski definition) is 1. The minimum Gasteiger partial charge on any atom is -0.461 e. The van der Waals surface area contributed by atoms with Gasteiger partial charge in [-0.2, -0.15) is 0 Å². The second kappa shape index (κ2) is 16.2. The lowest BCUT2D eigenvalue weighted by Crippen LogP contribution is -2.70. The number of thiophene rings is 1. The highest BCUT2D eigenvalue weighted by Crippen LogP contribution is 2.42. The molecule has 1 saturated heterocycles. The summed E-state index contributed by atoms with van der Waals surface area (Å²) in [6, 6.07) is 18.1. The number of fused-ring (bicyclic) bond motifs is 1. The molecule has 16 heteroatoms. The van der Waals surface area contributed by atoms with Crippen LogP contribution in [-0.2, 0) is 32.1 Å². The number of carbonyl (C=O) groups excluding carboxylic acids is 3. The van der Waals surface area contributed by atoms with Crippen molar-refractivity contribution in [2.24, 2.45) is 0 Å².